The topological polar surface area (TPSA) is 0 Å². The highest BCUT2D eigenvalue weighted by molar-refractivity contribution is 5.66. The predicted molar refractivity (Wildman–Crippen MR) is 120 cm³/mol. The van der Waals surface area contributed by atoms with Gasteiger partial charge in [0.05, 0.1) is 0 Å². The van der Waals surface area contributed by atoms with E-state index in [4.69, 9.17) is 0 Å². The Hall–Kier alpha value is -3.12. The lowest BCUT2D eigenvalue weighted by atomic mass is 9.81. The van der Waals surface area contributed by atoms with Crippen LogP contribution in [0.25, 0.3) is 22.3 Å². The molecule has 0 fully saturated rings. The second-order valence-electron chi connectivity index (χ2n) is 7.70. The lowest BCUT2D eigenvalue weighted by Crippen LogP contribution is -2.09. The number of hydrogen-bond acceptors (Lipinski definition) is 0. The van der Waals surface area contributed by atoms with Crippen molar-refractivity contribution in [3.8, 4) is 22.3 Å². The highest BCUT2D eigenvalue weighted by Gasteiger charge is 2.19. The van der Waals surface area contributed by atoms with Crippen LogP contribution in [0.1, 0.15) is 30.9 Å². The average molecular weight is 363 g/mol. The van der Waals surface area contributed by atoms with Crippen LogP contribution in [0.5, 0.6) is 0 Å². The van der Waals surface area contributed by atoms with Gasteiger partial charge in [-0.3, -0.25) is 0 Å². The van der Waals surface area contributed by atoms with Crippen molar-refractivity contribution >= 4 is 0 Å². The van der Waals surface area contributed by atoms with E-state index < -0.39 is 0 Å². The Morgan fingerprint density at radius 3 is 1.21 bits per heavy atom. The molecule has 4 aromatic carbocycles. The lowest BCUT2D eigenvalue weighted by molar-refractivity contribution is 0.564. The summed E-state index contributed by atoms with van der Waals surface area (Å²) in [6.45, 7) is 4.63. The van der Waals surface area contributed by atoms with E-state index in [9.17, 15) is 0 Å². The van der Waals surface area contributed by atoms with Crippen molar-refractivity contribution in [1.29, 1.82) is 0 Å². The molecule has 0 aliphatic carbocycles. The van der Waals surface area contributed by atoms with Gasteiger partial charge < -0.3 is 0 Å². The Morgan fingerprint density at radius 2 is 0.821 bits per heavy atom. The van der Waals surface area contributed by atoms with Crippen molar-refractivity contribution in [2.75, 3.05) is 0 Å². The van der Waals surface area contributed by atoms with E-state index in [1.165, 1.54) is 33.4 Å². The van der Waals surface area contributed by atoms with Crippen LogP contribution in [0.4, 0.5) is 0 Å². The number of benzene rings is 4. The molecule has 4 aromatic rings. The van der Waals surface area contributed by atoms with E-state index in [1.807, 2.05) is 0 Å². The largest absolute Gasteiger partial charge is 0.0622 e. The van der Waals surface area contributed by atoms with Gasteiger partial charge in [0, 0.05) is 5.92 Å². The molecule has 0 saturated heterocycles. The minimum absolute atomic E-state index is 0.368. The van der Waals surface area contributed by atoms with Gasteiger partial charge >= 0.3 is 0 Å². The molecule has 0 amide bonds. The van der Waals surface area contributed by atoms with Crippen LogP contribution in [0.15, 0.2) is 109 Å². The summed E-state index contributed by atoms with van der Waals surface area (Å²) in [4.78, 5) is 0. The third-order valence-corrected chi connectivity index (χ3v) is 5.37. The molecule has 0 nitrogen and oxygen atoms in total. The van der Waals surface area contributed by atoms with Crippen molar-refractivity contribution < 1.29 is 0 Å². The van der Waals surface area contributed by atoms with E-state index >= 15 is 0 Å². The van der Waals surface area contributed by atoms with Gasteiger partial charge in [0.15, 0.2) is 0 Å². The zero-order chi connectivity index (χ0) is 19.3. The molecule has 0 saturated carbocycles. The van der Waals surface area contributed by atoms with Crippen LogP contribution in [0, 0.1) is 5.92 Å². The van der Waals surface area contributed by atoms with Gasteiger partial charge in [-0.1, -0.05) is 123 Å². The molecular weight excluding hydrogens is 336 g/mol. The summed E-state index contributed by atoms with van der Waals surface area (Å²) in [6.07, 6.45) is 0. The van der Waals surface area contributed by atoms with Crippen LogP contribution in [-0.4, -0.2) is 0 Å². The number of rotatable bonds is 5. The predicted octanol–water partition coefficient (Wildman–Crippen LogP) is 7.81. The maximum atomic E-state index is 2.36. The van der Waals surface area contributed by atoms with E-state index in [0.717, 1.165) is 0 Å². The van der Waals surface area contributed by atoms with Crippen molar-refractivity contribution in [2.45, 2.75) is 19.8 Å². The van der Waals surface area contributed by atoms with Crippen LogP contribution in [-0.2, 0) is 0 Å². The zero-order valence-corrected chi connectivity index (χ0v) is 16.5. The van der Waals surface area contributed by atoms with E-state index in [0.29, 0.717) is 11.8 Å². The zero-order valence-electron chi connectivity index (χ0n) is 16.5. The maximum Gasteiger partial charge on any atom is 0.0113 e. The molecule has 0 aliphatic heterocycles. The van der Waals surface area contributed by atoms with Crippen LogP contribution < -0.4 is 0 Å². The highest BCUT2D eigenvalue weighted by atomic mass is 14.2. The first kappa shape index (κ1) is 18.3. The Kier molecular flexibility index (Phi) is 5.39. The highest BCUT2D eigenvalue weighted by Crippen LogP contribution is 2.35. The molecule has 138 valence electrons. The Morgan fingerprint density at radius 1 is 0.429 bits per heavy atom. The molecule has 28 heavy (non-hydrogen) atoms. The standard InChI is InChI=1S/C28H26/c1-21(2)28(26-17-9-15-24(19-26)22-11-5-3-6-12-22)27-18-10-16-25(20-27)23-13-7-4-8-14-23/h3-21,28H,1-2H3. The second-order valence-corrected chi connectivity index (χ2v) is 7.70. The summed E-state index contributed by atoms with van der Waals surface area (Å²) < 4.78 is 0. The van der Waals surface area contributed by atoms with Crippen LogP contribution in [0.2, 0.25) is 0 Å². The fourth-order valence-corrected chi connectivity index (χ4v) is 4.05. The fourth-order valence-electron chi connectivity index (χ4n) is 4.05. The quantitative estimate of drug-likeness (QED) is 0.339. The molecular formula is C28H26. The molecule has 0 unspecified atom stereocenters. The molecule has 0 aliphatic rings. The molecule has 0 heterocycles. The van der Waals surface area contributed by atoms with Crippen LogP contribution in [0.3, 0.4) is 0 Å². The van der Waals surface area contributed by atoms with Crippen LogP contribution >= 0.6 is 0 Å². The summed E-state index contributed by atoms with van der Waals surface area (Å²) >= 11 is 0. The Bertz CT molecular complexity index is 947. The third-order valence-electron chi connectivity index (χ3n) is 5.37. The third kappa shape index (κ3) is 3.92. The first-order valence-corrected chi connectivity index (χ1v) is 10.0. The monoisotopic (exact) mass is 362 g/mol. The smallest absolute Gasteiger partial charge is 0.0113 e. The molecule has 0 N–H and O–H groups in total. The minimum Gasteiger partial charge on any atom is -0.0622 e. The van der Waals surface area contributed by atoms with E-state index in [-0.39, 0.29) is 0 Å². The SMILES string of the molecule is CC(C)C(c1cccc(-c2ccccc2)c1)c1cccc(-c2ccccc2)c1. The molecule has 4 rings (SSSR count). The van der Waals surface area contributed by atoms with Gasteiger partial charge in [0.25, 0.3) is 0 Å². The van der Waals surface area contributed by atoms with Gasteiger partial charge in [-0.25, -0.2) is 0 Å². The molecule has 0 heteroatoms. The molecule has 0 aromatic heterocycles. The van der Waals surface area contributed by atoms with Crippen molar-refractivity contribution in [3.05, 3.63) is 120 Å². The minimum atomic E-state index is 0.368. The molecule has 0 atom stereocenters. The van der Waals surface area contributed by atoms with Gasteiger partial charge in [-0.05, 0) is 39.3 Å². The first-order chi connectivity index (χ1) is 13.7. The number of hydrogen-bond donors (Lipinski definition) is 0. The lowest BCUT2D eigenvalue weighted by Gasteiger charge is -2.23. The van der Waals surface area contributed by atoms with Crippen molar-refractivity contribution in [3.63, 3.8) is 0 Å². The normalized spacial score (nSPS) is 11.1. The summed E-state index contributed by atoms with van der Waals surface area (Å²) in [5, 5.41) is 0. The fraction of sp³-hybridized carbons (Fsp3) is 0.143. The van der Waals surface area contributed by atoms with Crippen molar-refractivity contribution in [1.82, 2.24) is 0 Å². The average Bonchev–Trinajstić information content (AvgIpc) is 2.75. The summed E-state index contributed by atoms with van der Waals surface area (Å²) in [7, 11) is 0. The van der Waals surface area contributed by atoms with Gasteiger partial charge in [-0.2, -0.15) is 0 Å². The van der Waals surface area contributed by atoms with E-state index in [1.54, 1.807) is 0 Å². The van der Waals surface area contributed by atoms with E-state index in [2.05, 4.69) is 123 Å². The molecule has 0 radical (unpaired) electrons. The first-order valence-electron chi connectivity index (χ1n) is 10.0. The maximum absolute atomic E-state index is 2.36. The Balaban J connectivity index is 1.75. The summed E-state index contributed by atoms with van der Waals surface area (Å²) in [6, 6.07) is 39.3. The summed E-state index contributed by atoms with van der Waals surface area (Å²) in [5.74, 6) is 0.879. The Labute approximate surface area is 168 Å². The summed E-state index contributed by atoms with van der Waals surface area (Å²) in [5.41, 5.74) is 7.85. The molecule has 0 spiro atoms. The van der Waals surface area contributed by atoms with Gasteiger partial charge in [-0.15, -0.1) is 0 Å². The van der Waals surface area contributed by atoms with Gasteiger partial charge in [0.2, 0.25) is 0 Å². The van der Waals surface area contributed by atoms with Crippen molar-refractivity contribution in [2.24, 2.45) is 5.92 Å². The molecule has 0 bridgehead atoms. The van der Waals surface area contributed by atoms with Gasteiger partial charge in [0.1, 0.15) is 0 Å². The second kappa shape index (κ2) is 8.27.